The molecule has 0 radical (unpaired) electrons. The number of carbonyl (C=O) groups is 3. The van der Waals surface area contributed by atoms with Crippen LogP contribution < -0.4 is 5.32 Å². The highest BCUT2D eigenvalue weighted by molar-refractivity contribution is 8.00. The van der Waals surface area contributed by atoms with Crippen molar-refractivity contribution in [2.24, 2.45) is 0 Å². The highest BCUT2D eigenvalue weighted by Crippen LogP contribution is 2.42. The predicted molar refractivity (Wildman–Crippen MR) is 137 cm³/mol. The predicted octanol–water partition coefficient (Wildman–Crippen LogP) is 3.71. The first-order valence-electron chi connectivity index (χ1n) is 11.4. The summed E-state index contributed by atoms with van der Waals surface area (Å²) in [5.74, 6) is -0.454. The smallest absolute Gasteiger partial charge is 0.356 e. The highest BCUT2D eigenvalue weighted by atomic mass is 32.2. The summed E-state index contributed by atoms with van der Waals surface area (Å²) in [6.07, 6.45) is 6.95. The Kier molecular flexibility index (Phi) is 6.95. The lowest BCUT2D eigenvalue weighted by molar-refractivity contribution is -0.154. The fraction of sp³-hybridized carbons (Fsp3) is 0.143. The van der Waals surface area contributed by atoms with E-state index in [9.17, 15) is 14.4 Å². The van der Waals surface area contributed by atoms with Crippen molar-refractivity contribution in [3.8, 4) is 0 Å². The van der Waals surface area contributed by atoms with E-state index >= 15 is 0 Å². The van der Waals surface area contributed by atoms with Crippen molar-refractivity contribution in [2.75, 3.05) is 5.75 Å². The number of esters is 1. The van der Waals surface area contributed by atoms with Gasteiger partial charge in [0.1, 0.15) is 17.1 Å². The largest absolute Gasteiger partial charge is 0.448 e. The van der Waals surface area contributed by atoms with Crippen LogP contribution in [-0.2, 0) is 19.1 Å². The first-order valence-corrected chi connectivity index (χ1v) is 12.5. The maximum absolute atomic E-state index is 13.8. The van der Waals surface area contributed by atoms with Crippen molar-refractivity contribution >= 4 is 36.1 Å². The van der Waals surface area contributed by atoms with Crippen molar-refractivity contribution in [2.45, 2.75) is 17.5 Å². The third kappa shape index (κ3) is 4.67. The fourth-order valence-corrected chi connectivity index (χ4v) is 5.60. The molecule has 2 amide bonds. The number of hydrogen-bond acceptors (Lipinski definition) is 6. The lowest BCUT2D eigenvalue weighted by atomic mass is 10.0. The number of hydrogen-bond donors (Lipinski definition) is 1. The second-order valence-electron chi connectivity index (χ2n) is 8.27. The first-order chi connectivity index (χ1) is 17.7. The van der Waals surface area contributed by atoms with Gasteiger partial charge in [-0.2, -0.15) is 0 Å². The molecule has 7 nitrogen and oxygen atoms in total. The van der Waals surface area contributed by atoms with E-state index in [2.05, 4.69) is 10.3 Å². The second-order valence-corrected chi connectivity index (χ2v) is 9.38. The SMILES string of the molecule is O=CNC1C(=O)N2C(C(=O)OC(c3ccccc3)c3ccccc3)=C(C=Cc3cccnc3)CS[C@H]12. The Labute approximate surface area is 212 Å². The molecule has 1 unspecified atom stereocenters. The number of pyridine rings is 1. The van der Waals surface area contributed by atoms with E-state index in [-0.39, 0.29) is 17.0 Å². The molecule has 0 bridgehead atoms. The molecule has 1 saturated heterocycles. The Morgan fingerprint density at radius 2 is 1.72 bits per heavy atom. The molecule has 1 fully saturated rings. The van der Waals surface area contributed by atoms with E-state index in [0.717, 1.165) is 16.7 Å². The van der Waals surface area contributed by atoms with E-state index in [1.54, 1.807) is 12.4 Å². The summed E-state index contributed by atoms with van der Waals surface area (Å²) in [5, 5.41) is 2.19. The fourth-order valence-electron chi connectivity index (χ4n) is 4.27. The van der Waals surface area contributed by atoms with Gasteiger partial charge in [0, 0.05) is 18.1 Å². The van der Waals surface area contributed by atoms with Crippen molar-refractivity contribution in [1.29, 1.82) is 0 Å². The maximum Gasteiger partial charge on any atom is 0.356 e. The van der Waals surface area contributed by atoms with Gasteiger partial charge in [0.2, 0.25) is 6.41 Å². The Morgan fingerprint density at radius 3 is 2.33 bits per heavy atom. The molecule has 3 heterocycles. The molecular weight excluding hydrogens is 474 g/mol. The number of thioether (sulfide) groups is 1. The standard InChI is InChI=1S/C28H23N3O4S/c32-18-30-23-26(33)31-24(22(17-36-27(23)31)14-13-19-8-7-15-29-16-19)28(34)35-25(20-9-3-1-4-10-20)21-11-5-2-6-12-21/h1-16,18,23,25,27H,17H2,(H,30,32)/t23?,27-/m1/s1. The Bertz CT molecular complexity index is 1270. The molecule has 180 valence electrons. The monoisotopic (exact) mass is 497 g/mol. The van der Waals surface area contributed by atoms with Crippen molar-refractivity contribution < 1.29 is 19.1 Å². The zero-order chi connectivity index (χ0) is 24.9. The topological polar surface area (TPSA) is 88.6 Å². The molecule has 2 aromatic carbocycles. The average molecular weight is 498 g/mol. The zero-order valence-corrected chi connectivity index (χ0v) is 20.0. The second kappa shape index (κ2) is 10.6. The van der Waals surface area contributed by atoms with Crippen LogP contribution in [0.1, 0.15) is 22.8 Å². The molecule has 0 aliphatic carbocycles. The number of allylic oxidation sites excluding steroid dienone is 1. The molecule has 3 aromatic rings. The molecule has 1 N–H and O–H groups in total. The van der Waals surface area contributed by atoms with Crippen LogP contribution in [0.25, 0.3) is 6.08 Å². The van der Waals surface area contributed by atoms with E-state index in [4.69, 9.17) is 4.74 Å². The van der Waals surface area contributed by atoms with Gasteiger partial charge in [-0.25, -0.2) is 4.79 Å². The van der Waals surface area contributed by atoms with Gasteiger partial charge in [-0.15, -0.1) is 11.8 Å². The molecule has 8 heteroatoms. The third-order valence-electron chi connectivity index (χ3n) is 6.03. The molecule has 2 atom stereocenters. The van der Waals surface area contributed by atoms with E-state index in [1.807, 2.05) is 84.9 Å². The summed E-state index contributed by atoms with van der Waals surface area (Å²) in [7, 11) is 0. The van der Waals surface area contributed by atoms with Gasteiger partial charge < -0.3 is 10.1 Å². The van der Waals surface area contributed by atoms with Crippen LogP contribution in [0, 0.1) is 0 Å². The maximum atomic E-state index is 13.8. The van der Waals surface area contributed by atoms with Gasteiger partial charge in [0.25, 0.3) is 5.91 Å². The minimum Gasteiger partial charge on any atom is -0.448 e. The summed E-state index contributed by atoms with van der Waals surface area (Å²) in [6.45, 7) is 0. The van der Waals surface area contributed by atoms with Crippen LogP contribution in [-0.4, -0.2) is 45.3 Å². The van der Waals surface area contributed by atoms with Gasteiger partial charge in [0.15, 0.2) is 6.10 Å². The summed E-state index contributed by atoms with van der Waals surface area (Å²) >= 11 is 1.49. The number of benzene rings is 2. The minimum atomic E-state index is -0.668. The van der Waals surface area contributed by atoms with Crippen LogP contribution in [0.4, 0.5) is 0 Å². The zero-order valence-electron chi connectivity index (χ0n) is 19.2. The van der Waals surface area contributed by atoms with Crippen molar-refractivity contribution in [1.82, 2.24) is 15.2 Å². The summed E-state index contributed by atoms with van der Waals surface area (Å²) in [5.41, 5.74) is 3.38. The number of carbonyl (C=O) groups excluding carboxylic acids is 3. The van der Waals surface area contributed by atoms with Crippen molar-refractivity contribution in [3.63, 3.8) is 0 Å². The van der Waals surface area contributed by atoms with E-state index in [0.29, 0.717) is 17.7 Å². The molecule has 0 saturated carbocycles. The van der Waals surface area contributed by atoms with Crippen LogP contribution >= 0.6 is 11.8 Å². The summed E-state index contributed by atoms with van der Waals surface area (Å²) in [4.78, 5) is 43.3. The van der Waals surface area contributed by atoms with Gasteiger partial charge in [-0.05, 0) is 28.3 Å². The van der Waals surface area contributed by atoms with E-state index in [1.165, 1.54) is 16.7 Å². The number of fused-ring (bicyclic) bond motifs is 1. The number of nitrogens with zero attached hydrogens (tertiary/aromatic N) is 2. The number of rotatable bonds is 8. The lowest BCUT2D eigenvalue weighted by Crippen LogP contribution is -2.69. The van der Waals surface area contributed by atoms with E-state index < -0.39 is 18.1 Å². The van der Waals surface area contributed by atoms with Gasteiger partial charge in [-0.1, -0.05) is 78.9 Å². The normalized spacial score (nSPS) is 19.1. The van der Waals surface area contributed by atoms with Crippen molar-refractivity contribution in [3.05, 3.63) is 119 Å². The Morgan fingerprint density at radius 1 is 1.03 bits per heavy atom. The first kappa shape index (κ1) is 23.6. The number of aromatic nitrogens is 1. The van der Waals surface area contributed by atoms with Crippen LogP contribution in [0.5, 0.6) is 0 Å². The highest BCUT2D eigenvalue weighted by Gasteiger charge is 2.53. The van der Waals surface area contributed by atoms with Crippen LogP contribution in [0.3, 0.4) is 0 Å². The molecule has 2 aliphatic rings. The number of nitrogens with one attached hydrogen (secondary N) is 1. The Balaban J connectivity index is 1.51. The van der Waals surface area contributed by atoms with Crippen LogP contribution in [0.2, 0.25) is 0 Å². The molecule has 1 aromatic heterocycles. The molecule has 5 rings (SSSR count). The Hall–Kier alpha value is -4.17. The summed E-state index contributed by atoms with van der Waals surface area (Å²) < 4.78 is 6.10. The number of β-lactam (4-membered cyclic amide) rings is 1. The quantitative estimate of drug-likeness (QED) is 0.290. The molecular formula is C28H23N3O4S. The van der Waals surface area contributed by atoms with Gasteiger partial charge >= 0.3 is 5.97 Å². The molecule has 2 aliphatic heterocycles. The average Bonchev–Trinajstić information content (AvgIpc) is 2.94. The van der Waals surface area contributed by atoms with Gasteiger partial charge in [0.05, 0.1) is 0 Å². The minimum absolute atomic E-state index is 0.199. The third-order valence-corrected chi connectivity index (χ3v) is 7.33. The summed E-state index contributed by atoms with van der Waals surface area (Å²) in [6, 6.07) is 22.0. The lowest BCUT2D eigenvalue weighted by Gasteiger charge is -2.49. The number of ether oxygens (including phenoxy) is 1. The number of amides is 2. The molecule has 36 heavy (non-hydrogen) atoms. The van der Waals surface area contributed by atoms with Gasteiger partial charge in [-0.3, -0.25) is 19.5 Å². The van der Waals surface area contributed by atoms with Crippen LogP contribution in [0.15, 0.2) is 103 Å². The molecule has 0 spiro atoms.